The highest BCUT2D eigenvalue weighted by Gasteiger charge is 2.33. The Morgan fingerprint density at radius 1 is 0.903 bits per heavy atom. The van der Waals surface area contributed by atoms with Crippen molar-refractivity contribution < 1.29 is 4.92 Å². The molecule has 2 aliphatic rings. The van der Waals surface area contributed by atoms with E-state index < -0.39 is 0 Å². The van der Waals surface area contributed by atoms with E-state index in [2.05, 4.69) is 67.6 Å². The van der Waals surface area contributed by atoms with Crippen LogP contribution in [-0.2, 0) is 6.42 Å². The minimum absolute atomic E-state index is 0.139. The molecule has 0 amide bonds. The summed E-state index contributed by atoms with van der Waals surface area (Å²) in [6.45, 7) is 2.28. The van der Waals surface area contributed by atoms with E-state index in [1.54, 1.807) is 23.9 Å². The van der Waals surface area contributed by atoms with Gasteiger partial charge in [-0.05, 0) is 63.1 Å². The number of fused-ring (bicyclic) bond motifs is 5. The Labute approximate surface area is 184 Å². The van der Waals surface area contributed by atoms with E-state index >= 15 is 0 Å². The Kier molecular flexibility index (Phi) is 4.05. The first kappa shape index (κ1) is 18.4. The molecule has 3 nitrogen and oxygen atoms in total. The van der Waals surface area contributed by atoms with Crippen LogP contribution in [0.15, 0.2) is 88.7 Å². The zero-order chi connectivity index (χ0) is 21.1. The van der Waals surface area contributed by atoms with E-state index in [1.165, 1.54) is 37.9 Å². The molecule has 0 spiro atoms. The molecule has 0 aromatic heterocycles. The van der Waals surface area contributed by atoms with Crippen molar-refractivity contribution in [2.24, 2.45) is 5.92 Å². The van der Waals surface area contributed by atoms with Crippen molar-refractivity contribution in [2.45, 2.75) is 23.1 Å². The van der Waals surface area contributed by atoms with Crippen molar-refractivity contribution in [3.05, 3.63) is 111 Å². The molecule has 0 fully saturated rings. The SMILES string of the molecule is CC1Cc2ccc3ccccc3c2/C1=C1\c2ccccc2Sc2ccc([N+](=O)[O-])cc21. The quantitative estimate of drug-likeness (QED) is 0.210. The van der Waals surface area contributed by atoms with E-state index in [0.717, 1.165) is 22.5 Å². The predicted octanol–water partition coefficient (Wildman–Crippen LogP) is 7.36. The standard InChI is InChI=1S/C27H19NO2S/c1-16-14-18-11-10-17-6-2-3-7-20(17)26(18)25(16)27-21-8-4-5-9-23(21)31-24-13-12-19(28(29)30)15-22(24)27/h2-13,15-16H,14H2,1H3/b27-25+. The maximum atomic E-state index is 11.6. The fourth-order valence-corrected chi connectivity index (χ4v) is 6.16. The summed E-state index contributed by atoms with van der Waals surface area (Å²) in [6, 6.07) is 26.7. The molecule has 31 heavy (non-hydrogen) atoms. The lowest BCUT2D eigenvalue weighted by Crippen LogP contribution is -2.05. The topological polar surface area (TPSA) is 43.1 Å². The van der Waals surface area contributed by atoms with Gasteiger partial charge < -0.3 is 0 Å². The van der Waals surface area contributed by atoms with E-state index in [-0.39, 0.29) is 10.6 Å². The third-order valence-electron chi connectivity index (χ3n) is 6.39. The van der Waals surface area contributed by atoms with E-state index in [0.29, 0.717) is 5.92 Å². The van der Waals surface area contributed by atoms with Crippen molar-refractivity contribution in [1.82, 2.24) is 0 Å². The van der Waals surface area contributed by atoms with Gasteiger partial charge in [-0.15, -0.1) is 0 Å². The van der Waals surface area contributed by atoms with E-state index in [4.69, 9.17) is 0 Å². The van der Waals surface area contributed by atoms with Crippen LogP contribution in [0.2, 0.25) is 0 Å². The summed E-state index contributed by atoms with van der Waals surface area (Å²) >= 11 is 1.69. The molecule has 4 aromatic carbocycles. The van der Waals surface area contributed by atoms with Gasteiger partial charge in [0.2, 0.25) is 0 Å². The maximum Gasteiger partial charge on any atom is 0.270 e. The molecular weight excluding hydrogens is 402 g/mol. The average Bonchev–Trinajstić information content (AvgIpc) is 3.13. The van der Waals surface area contributed by atoms with Gasteiger partial charge in [0, 0.05) is 27.5 Å². The molecule has 1 atom stereocenters. The highest BCUT2D eigenvalue weighted by atomic mass is 32.2. The van der Waals surface area contributed by atoms with E-state index in [9.17, 15) is 10.1 Å². The molecule has 0 saturated heterocycles. The number of hydrogen-bond acceptors (Lipinski definition) is 3. The molecular formula is C27H19NO2S. The Morgan fingerprint density at radius 2 is 1.68 bits per heavy atom. The summed E-state index contributed by atoms with van der Waals surface area (Å²) in [6.07, 6.45) is 0.985. The van der Waals surface area contributed by atoms with Crippen LogP contribution in [0.4, 0.5) is 5.69 Å². The van der Waals surface area contributed by atoms with Crippen molar-refractivity contribution in [1.29, 1.82) is 0 Å². The molecule has 1 unspecified atom stereocenters. The average molecular weight is 422 g/mol. The second-order valence-electron chi connectivity index (χ2n) is 8.25. The summed E-state index contributed by atoms with van der Waals surface area (Å²) < 4.78 is 0. The van der Waals surface area contributed by atoms with Gasteiger partial charge in [-0.1, -0.05) is 73.3 Å². The van der Waals surface area contributed by atoms with Crippen molar-refractivity contribution in [3.8, 4) is 0 Å². The molecule has 4 aromatic rings. The first-order chi connectivity index (χ1) is 15.1. The number of hydrogen-bond donors (Lipinski definition) is 0. The first-order valence-electron chi connectivity index (χ1n) is 10.4. The van der Waals surface area contributed by atoms with Crippen molar-refractivity contribution in [3.63, 3.8) is 0 Å². The van der Waals surface area contributed by atoms with Gasteiger partial charge in [-0.25, -0.2) is 0 Å². The number of nitrogens with zero attached hydrogens (tertiary/aromatic N) is 1. The summed E-state index contributed by atoms with van der Waals surface area (Å²) in [5.41, 5.74) is 7.40. The number of allylic oxidation sites excluding steroid dienone is 1. The molecule has 0 radical (unpaired) electrons. The van der Waals surface area contributed by atoms with Gasteiger partial charge in [-0.2, -0.15) is 0 Å². The Bertz CT molecular complexity index is 1440. The Balaban J connectivity index is 1.76. The number of non-ortho nitro benzene ring substituents is 1. The second kappa shape index (κ2) is 6.82. The lowest BCUT2D eigenvalue weighted by molar-refractivity contribution is -0.384. The summed E-state index contributed by atoms with van der Waals surface area (Å²) in [4.78, 5) is 13.6. The third kappa shape index (κ3) is 2.75. The Morgan fingerprint density at radius 3 is 2.55 bits per heavy atom. The summed E-state index contributed by atoms with van der Waals surface area (Å²) in [5, 5.41) is 14.1. The van der Waals surface area contributed by atoms with Gasteiger partial charge >= 0.3 is 0 Å². The largest absolute Gasteiger partial charge is 0.270 e. The molecule has 0 N–H and O–H groups in total. The lowest BCUT2D eigenvalue weighted by Gasteiger charge is -2.26. The Hall–Kier alpha value is -3.37. The van der Waals surface area contributed by atoms with Gasteiger partial charge in [0.15, 0.2) is 0 Å². The first-order valence-corrected chi connectivity index (χ1v) is 11.2. The van der Waals surface area contributed by atoms with Crippen LogP contribution in [0.25, 0.3) is 21.9 Å². The van der Waals surface area contributed by atoms with Gasteiger partial charge in [0.1, 0.15) is 0 Å². The zero-order valence-corrected chi connectivity index (χ0v) is 17.8. The molecule has 0 bridgehead atoms. The zero-order valence-electron chi connectivity index (χ0n) is 17.0. The molecule has 150 valence electrons. The summed E-state index contributed by atoms with van der Waals surface area (Å²) in [7, 11) is 0. The lowest BCUT2D eigenvalue weighted by atomic mass is 9.85. The molecule has 0 saturated carbocycles. The number of rotatable bonds is 1. The monoisotopic (exact) mass is 421 g/mol. The van der Waals surface area contributed by atoms with E-state index in [1.807, 2.05) is 6.07 Å². The highest BCUT2D eigenvalue weighted by Crippen LogP contribution is 2.53. The number of nitro groups is 1. The van der Waals surface area contributed by atoms with Crippen LogP contribution >= 0.6 is 11.8 Å². The van der Waals surface area contributed by atoms with Crippen LogP contribution in [0.5, 0.6) is 0 Å². The van der Waals surface area contributed by atoms with Gasteiger partial charge in [0.25, 0.3) is 5.69 Å². The van der Waals surface area contributed by atoms with Crippen LogP contribution in [0.1, 0.15) is 29.2 Å². The van der Waals surface area contributed by atoms with Crippen LogP contribution in [-0.4, -0.2) is 4.92 Å². The molecule has 4 heteroatoms. The van der Waals surface area contributed by atoms with Crippen molar-refractivity contribution in [2.75, 3.05) is 0 Å². The summed E-state index contributed by atoms with van der Waals surface area (Å²) in [5.74, 6) is 0.332. The minimum Gasteiger partial charge on any atom is -0.258 e. The fourth-order valence-electron chi connectivity index (χ4n) is 5.09. The van der Waals surface area contributed by atoms with Crippen LogP contribution in [0, 0.1) is 16.0 Å². The van der Waals surface area contributed by atoms with Crippen LogP contribution in [0.3, 0.4) is 0 Å². The van der Waals surface area contributed by atoms with Crippen LogP contribution < -0.4 is 0 Å². The van der Waals surface area contributed by atoms with Gasteiger partial charge in [-0.3, -0.25) is 10.1 Å². The highest BCUT2D eigenvalue weighted by molar-refractivity contribution is 7.99. The fraction of sp³-hybridized carbons (Fsp3) is 0.111. The molecule has 6 rings (SSSR count). The number of nitro benzene ring substituents is 1. The second-order valence-corrected chi connectivity index (χ2v) is 9.33. The number of benzene rings is 4. The normalized spacial score (nSPS) is 19.1. The smallest absolute Gasteiger partial charge is 0.258 e. The molecule has 1 aliphatic heterocycles. The minimum atomic E-state index is -0.296. The van der Waals surface area contributed by atoms with Gasteiger partial charge in [0.05, 0.1) is 4.92 Å². The maximum absolute atomic E-state index is 11.6. The molecule has 1 heterocycles. The third-order valence-corrected chi connectivity index (χ3v) is 7.54. The molecule has 1 aliphatic carbocycles. The predicted molar refractivity (Wildman–Crippen MR) is 126 cm³/mol. The van der Waals surface area contributed by atoms with Crippen molar-refractivity contribution >= 4 is 39.4 Å².